The van der Waals surface area contributed by atoms with Gasteiger partial charge in [0.05, 0.1) is 27.5 Å². The maximum atomic E-state index is 13.3. The lowest BCUT2D eigenvalue weighted by Crippen LogP contribution is -2.09. The van der Waals surface area contributed by atoms with Crippen molar-refractivity contribution < 1.29 is 13.2 Å². The summed E-state index contributed by atoms with van der Waals surface area (Å²) in [5, 5.41) is 1.04. The molecule has 0 bridgehead atoms. The quantitative estimate of drug-likeness (QED) is 0.497. The number of aromatic nitrogens is 2. The van der Waals surface area contributed by atoms with E-state index in [0.717, 1.165) is 6.07 Å². The van der Waals surface area contributed by atoms with E-state index in [4.69, 9.17) is 11.6 Å². The van der Waals surface area contributed by atoms with Gasteiger partial charge in [-0.2, -0.15) is 13.2 Å². The Bertz CT molecular complexity index is 897. The molecule has 2 aromatic carbocycles. The summed E-state index contributed by atoms with van der Waals surface area (Å²) in [7, 11) is 0. The third-order valence-corrected chi connectivity index (χ3v) is 4.26. The second kappa shape index (κ2) is 6.69. The van der Waals surface area contributed by atoms with Gasteiger partial charge in [-0.3, -0.25) is 0 Å². The summed E-state index contributed by atoms with van der Waals surface area (Å²) in [5.41, 5.74) is 0.804. The lowest BCUT2D eigenvalue weighted by molar-refractivity contribution is -0.136. The summed E-state index contributed by atoms with van der Waals surface area (Å²) in [5.74, 6) is 0. The maximum absolute atomic E-state index is 13.3. The van der Waals surface area contributed by atoms with Crippen LogP contribution in [0.1, 0.15) is 11.3 Å². The van der Waals surface area contributed by atoms with Crippen LogP contribution in [0.25, 0.3) is 22.3 Å². The molecule has 3 aromatic rings. The molecule has 1 heterocycles. The first-order valence-electron chi connectivity index (χ1n) is 7.09. The number of fused-ring (bicyclic) bond motifs is 1. The Morgan fingerprint density at radius 3 is 2.42 bits per heavy atom. The van der Waals surface area contributed by atoms with E-state index in [2.05, 4.69) is 25.9 Å². The van der Waals surface area contributed by atoms with Gasteiger partial charge in [-0.15, -0.1) is 0 Å². The highest BCUT2D eigenvalue weighted by molar-refractivity contribution is 9.09. The largest absolute Gasteiger partial charge is 0.418 e. The zero-order valence-corrected chi connectivity index (χ0v) is 14.6. The fourth-order valence-electron chi connectivity index (χ4n) is 2.48. The molecule has 0 radical (unpaired) electrons. The van der Waals surface area contributed by atoms with Gasteiger partial charge in [0, 0.05) is 17.3 Å². The second-order valence-electron chi connectivity index (χ2n) is 5.11. The van der Waals surface area contributed by atoms with Crippen molar-refractivity contribution in [3.8, 4) is 11.3 Å². The van der Waals surface area contributed by atoms with Gasteiger partial charge < -0.3 is 0 Å². The maximum Gasteiger partial charge on any atom is 0.418 e. The molecule has 0 saturated heterocycles. The first kappa shape index (κ1) is 17.2. The van der Waals surface area contributed by atoms with E-state index >= 15 is 0 Å². The van der Waals surface area contributed by atoms with Crippen molar-refractivity contribution in [2.24, 2.45) is 0 Å². The van der Waals surface area contributed by atoms with Gasteiger partial charge in [0.1, 0.15) is 5.52 Å². The van der Waals surface area contributed by atoms with Gasteiger partial charge in [0.2, 0.25) is 0 Å². The van der Waals surface area contributed by atoms with Gasteiger partial charge in [0.25, 0.3) is 0 Å². The molecule has 0 atom stereocenters. The van der Waals surface area contributed by atoms with E-state index in [1.807, 2.05) is 0 Å². The van der Waals surface area contributed by atoms with Crippen LogP contribution in [-0.2, 0) is 12.6 Å². The first-order valence-corrected chi connectivity index (χ1v) is 8.59. The van der Waals surface area contributed by atoms with Crippen LogP contribution in [0.5, 0.6) is 0 Å². The molecule has 0 amide bonds. The summed E-state index contributed by atoms with van der Waals surface area (Å²) in [6, 6.07) is 10.8. The Kier molecular flexibility index (Phi) is 4.78. The van der Waals surface area contributed by atoms with Crippen LogP contribution < -0.4 is 0 Å². The summed E-state index contributed by atoms with van der Waals surface area (Å²) in [6.45, 7) is 0. The number of alkyl halides is 4. The minimum absolute atomic E-state index is 0.168. The van der Waals surface area contributed by atoms with Crippen molar-refractivity contribution in [2.75, 3.05) is 5.33 Å². The molecule has 0 fully saturated rings. The summed E-state index contributed by atoms with van der Waals surface area (Å²) >= 11 is 9.55. The lowest BCUT2D eigenvalue weighted by Gasteiger charge is -2.14. The van der Waals surface area contributed by atoms with Crippen LogP contribution in [0.15, 0.2) is 42.5 Å². The van der Waals surface area contributed by atoms with Crippen molar-refractivity contribution in [1.29, 1.82) is 0 Å². The van der Waals surface area contributed by atoms with Gasteiger partial charge in [0.15, 0.2) is 0 Å². The van der Waals surface area contributed by atoms with Crippen molar-refractivity contribution >= 4 is 38.6 Å². The Hall–Kier alpha value is -1.66. The molecule has 3 rings (SSSR count). The van der Waals surface area contributed by atoms with E-state index in [0.29, 0.717) is 33.7 Å². The molecular formula is C17H11BrClF3N2. The normalized spacial score (nSPS) is 11.9. The van der Waals surface area contributed by atoms with Crippen molar-refractivity contribution in [3.63, 3.8) is 0 Å². The number of hydrogen-bond acceptors (Lipinski definition) is 2. The average Bonchev–Trinajstić information content (AvgIpc) is 2.53. The molecule has 0 N–H and O–H groups in total. The first-order chi connectivity index (χ1) is 11.4. The zero-order chi connectivity index (χ0) is 17.3. The van der Waals surface area contributed by atoms with E-state index in [1.54, 1.807) is 24.3 Å². The molecule has 2 nitrogen and oxygen atoms in total. The molecule has 7 heteroatoms. The monoisotopic (exact) mass is 414 g/mol. The fourth-order valence-corrected chi connectivity index (χ4v) is 3.08. The number of rotatable bonds is 3. The van der Waals surface area contributed by atoms with Gasteiger partial charge >= 0.3 is 6.18 Å². The summed E-state index contributed by atoms with van der Waals surface area (Å²) in [4.78, 5) is 8.71. The molecule has 1 aromatic heterocycles. The minimum atomic E-state index is -4.50. The Morgan fingerprint density at radius 1 is 1.00 bits per heavy atom. The van der Waals surface area contributed by atoms with Crippen molar-refractivity contribution in [3.05, 3.63) is 58.7 Å². The highest BCUT2D eigenvalue weighted by atomic mass is 79.9. The molecule has 0 aliphatic rings. The van der Waals surface area contributed by atoms with Crippen LogP contribution in [0.3, 0.4) is 0 Å². The average molecular weight is 416 g/mol. The third-order valence-electron chi connectivity index (χ3n) is 3.53. The van der Waals surface area contributed by atoms with Gasteiger partial charge in [-0.25, -0.2) is 9.97 Å². The highest BCUT2D eigenvalue weighted by Crippen LogP contribution is 2.36. The number of hydrogen-bond donors (Lipinski definition) is 0. The van der Waals surface area contributed by atoms with E-state index in [1.165, 1.54) is 12.1 Å². The molecule has 24 heavy (non-hydrogen) atoms. The smallest absolute Gasteiger partial charge is 0.249 e. The molecule has 0 aliphatic heterocycles. The van der Waals surface area contributed by atoms with E-state index in [9.17, 15) is 13.2 Å². The van der Waals surface area contributed by atoms with Crippen LogP contribution in [0.4, 0.5) is 13.2 Å². The fraction of sp³-hybridized carbons (Fsp3) is 0.176. The number of halogens is 5. The lowest BCUT2D eigenvalue weighted by atomic mass is 10.1. The molecule has 124 valence electrons. The molecule has 0 aliphatic carbocycles. The molecule has 0 unspecified atom stereocenters. The predicted molar refractivity (Wildman–Crippen MR) is 92.5 cm³/mol. The predicted octanol–water partition coefficient (Wildman–Crippen LogP) is 5.91. The van der Waals surface area contributed by atoms with Crippen molar-refractivity contribution in [1.82, 2.24) is 9.97 Å². The Labute approximate surface area is 149 Å². The number of aryl methyl sites for hydroxylation is 1. The number of para-hydroxylation sites is 1. The molecular weight excluding hydrogens is 405 g/mol. The van der Waals surface area contributed by atoms with Crippen molar-refractivity contribution in [2.45, 2.75) is 12.6 Å². The SMILES string of the molecule is FC(F)(F)c1cccc2nc(CCBr)c(-c3ccccc3Cl)nc12. The van der Waals surface area contributed by atoms with Crippen LogP contribution in [-0.4, -0.2) is 15.3 Å². The Balaban J connectivity index is 2.34. The van der Waals surface area contributed by atoms with Gasteiger partial charge in [-0.05, 0) is 18.2 Å². The summed E-state index contributed by atoms with van der Waals surface area (Å²) in [6.07, 6.45) is -3.97. The highest BCUT2D eigenvalue weighted by Gasteiger charge is 2.33. The zero-order valence-electron chi connectivity index (χ0n) is 12.2. The number of benzene rings is 2. The topological polar surface area (TPSA) is 25.8 Å². The molecule has 0 spiro atoms. The number of nitrogens with zero attached hydrogens (tertiary/aromatic N) is 2. The standard InChI is InChI=1S/C17H11BrClF3N2/c18-9-8-14-15(10-4-1-2-6-12(10)19)24-16-11(17(20,21)22)5-3-7-13(16)23-14/h1-7H,8-9H2. The van der Waals surface area contributed by atoms with E-state index < -0.39 is 11.7 Å². The second-order valence-corrected chi connectivity index (χ2v) is 6.31. The van der Waals surface area contributed by atoms with Crippen LogP contribution in [0, 0.1) is 0 Å². The van der Waals surface area contributed by atoms with Gasteiger partial charge in [-0.1, -0.05) is 51.8 Å². The van der Waals surface area contributed by atoms with Crippen LogP contribution in [0.2, 0.25) is 5.02 Å². The summed E-state index contributed by atoms with van der Waals surface area (Å²) < 4.78 is 39.8. The Morgan fingerprint density at radius 2 is 1.75 bits per heavy atom. The van der Waals surface area contributed by atoms with Crippen LogP contribution >= 0.6 is 27.5 Å². The minimum Gasteiger partial charge on any atom is -0.249 e. The molecule has 0 saturated carbocycles. The third kappa shape index (κ3) is 3.26. The van der Waals surface area contributed by atoms with E-state index in [-0.39, 0.29) is 11.0 Å².